The molecule has 0 saturated heterocycles. The van der Waals surface area contributed by atoms with Gasteiger partial charge in [-0.05, 0) is 35.4 Å². The van der Waals surface area contributed by atoms with Gasteiger partial charge in [0.15, 0.2) is 5.96 Å². The summed E-state index contributed by atoms with van der Waals surface area (Å²) in [4.78, 5) is 8.11. The number of hydrogen-bond acceptors (Lipinski definition) is 2. The van der Waals surface area contributed by atoms with Gasteiger partial charge in [0.1, 0.15) is 5.82 Å². The van der Waals surface area contributed by atoms with Gasteiger partial charge in [0.2, 0.25) is 0 Å². The smallest absolute Gasteiger partial charge is 0.191 e. The van der Waals surface area contributed by atoms with Crippen LogP contribution < -0.4 is 10.6 Å². The first-order valence-corrected chi connectivity index (χ1v) is 8.49. The standard InChI is InChI=1S/C19H19ClFN5.HI/c1-22-19(24-11-14-2-5-16(20)6-3-14)25-12-15-4-7-18(17(21)10-15)26-9-8-23-13-26;/h2-10,13H,11-12H2,1H3,(H2,22,24,25);1H. The van der Waals surface area contributed by atoms with Crippen LogP contribution in [0.25, 0.3) is 5.69 Å². The topological polar surface area (TPSA) is 54.2 Å². The van der Waals surface area contributed by atoms with Crippen LogP contribution in [0.2, 0.25) is 5.02 Å². The van der Waals surface area contributed by atoms with Crippen molar-refractivity contribution in [1.29, 1.82) is 0 Å². The molecular weight excluding hydrogens is 480 g/mol. The fourth-order valence-electron chi connectivity index (χ4n) is 2.47. The van der Waals surface area contributed by atoms with Crippen LogP contribution in [0, 0.1) is 5.82 Å². The van der Waals surface area contributed by atoms with Crippen LogP contribution in [0.5, 0.6) is 0 Å². The number of nitrogens with zero attached hydrogens (tertiary/aromatic N) is 3. The van der Waals surface area contributed by atoms with Crippen molar-refractivity contribution in [3.63, 3.8) is 0 Å². The van der Waals surface area contributed by atoms with E-state index < -0.39 is 0 Å². The Morgan fingerprint density at radius 2 is 1.78 bits per heavy atom. The third-order valence-corrected chi connectivity index (χ3v) is 4.10. The van der Waals surface area contributed by atoms with Gasteiger partial charge in [-0.2, -0.15) is 0 Å². The second-order valence-corrected chi connectivity index (χ2v) is 6.10. The van der Waals surface area contributed by atoms with Crippen molar-refractivity contribution >= 4 is 41.5 Å². The summed E-state index contributed by atoms with van der Waals surface area (Å²) in [5.74, 6) is 0.338. The predicted molar refractivity (Wildman–Crippen MR) is 117 cm³/mol. The zero-order valence-corrected chi connectivity index (χ0v) is 17.8. The van der Waals surface area contributed by atoms with Crippen molar-refractivity contribution in [2.24, 2.45) is 4.99 Å². The number of benzene rings is 2. The first-order valence-electron chi connectivity index (χ1n) is 8.11. The number of guanidine groups is 1. The van der Waals surface area contributed by atoms with E-state index in [9.17, 15) is 4.39 Å². The van der Waals surface area contributed by atoms with Crippen LogP contribution in [0.15, 0.2) is 66.2 Å². The first kappa shape index (κ1) is 21.2. The summed E-state index contributed by atoms with van der Waals surface area (Å²) >= 11 is 5.88. The molecule has 0 bridgehead atoms. The Labute approximate surface area is 179 Å². The molecule has 27 heavy (non-hydrogen) atoms. The Bertz CT molecular complexity index is 882. The molecule has 3 aromatic rings. The van der Waals surface area contributed by atoms with E-state index in [0.717, 1.165) is 11.1 Å². The van der Waals surface area contributed by atoms with Crippen LogP contribution in [0.3, 0.4) is 0 Å². The maximum absolute atomic E-state index is 14.3. The molecule has 0 amide bonds. The van der Waals surface area contributed by atoms with Gasteiger partial charge in [-0.15, -0.1) is 24.0 Å². The molecule has 0 aliphatic heterocycles. The largest absolute Gasteiger partial charge is 0.352 e. The minimum atomic E-state index is -0.300. The molecule has 1 heterocycles. The van der Waals surface area contributed by atoms with E-state index in [1.54, 1.807) is 36.4 Å². The van der Waals surface area contributed by atoms with E-state index in [4.69, 9.17) is 11.6 Å². The zero-order chi connectivity index (χ0) is 18.4. The molecule has 3 rings (SSSR count). The maximum Gasteiger partial charge on any atom is 0.191 e. The lowest BCUT2D eigenvalue weighted by molar-refractivity contribution is 0.615. The van der Waals surface area contributed by atoms with Crippen molar-refractivity contribution in [3.8, 4) is 5.69 Å². The van der Waals surface area contributed by atoms with Crippen LogP contribution in [0.1, 0.15) is 11.1 Å². The number of rotatable bonds is 5. The van der Waals surface area contributed by atoms with E-state index in [-0.39, 0.29) is 29.8 Å². The van der Waals surface area contributed by atoms with Crippen LogP contribution in [-0.2, 0) is 13.1 Å². The van der Waals surface area contributed by atoms with E-state index in [1.807, 2.05) is 30.3 Å². The molecule has 2 N–H and O–H groups in total. The average molecular weight is 500 g/mol. The third-order valence-electron chi connectivity index (χ3n) is 3.85. The molecule has 0 aliphatic carbocycles. The molecule has 8 heteroatoms. The van der Waals surface area contributed by atoms with Gasteiger partial charge >= 0.3 is 0 Å². The summed E-state index contributed by atoms with van der Waals surface area (Å²) < 4.78 is 15.9. The fourth-order valence-corrected chi connectivity index (χ4v) is 2.59. The molecule has 0 saturated carbocycles. The van der Waals surface area contributed by atoms with Crippen molar-refractivity contribution in [2.45, 2.75) is 13.1 Å². The third kappa shape index (κ3) is 5.93. The molecule has 0 aliphatic rings. The highest BCUT2D eigenvalue weighted by atomic mass is 127. The summed E-state index contributed by atoms with van der Waals surface area (Å²) in [5, 5.41) is 7.10. The second kappa shape index (κ2) is 10.3. The number of aliphatic imine (C=N–C) groups is 1. The maximum atomic E-state index is 14.3. The quantitative estimate of drug-likeness (QED) is 0.315. The Hall–Kier alpha value is -2.13. The van der Waals surface area contributed by atoms with Gasteiger partial charge in [0, 0.05) is 37.6 Å². The van der Waals surface area contributed by atoms with Crippen molar-refractivity contribution in [1.82, 2.24) is 20.2 Å². The summed E-state index contributed by atoms with van der Waals surface area (Å²) in [6.07, 6.45) is 4.89. The van der Waals surface area contributed by atoms with Crippen molar-refractivity contribution in [2.75, 3.05) is 7.05 Å². The van der Waals surface area contributed by atoms with E-state index in [2.05, 4.69) is 20.6 Å². The molecule has 0 atom stereocenters. The molecule has 0 unspecified atom stereocenters. The van der Waals surface area contributed by atoms with Gasteiger partial charge < -0.3 is 15.2 Å². The summed E-state index contributed by atoms with van der Waals surface area (Å²) in [6, 6.07) is 12.7. The Morgan fingerprint density at radius 1 is 1.11 bits per heavy atom. The van der Waals surface area contributed by atoms with Crippen LogP contribution >= 0.6 is 35.6 Å². The highest BCUT2D eigenvalue weighted by Gasteiger charge is 2.06. The first-order chi connectivity index (χ1) is 12.7. The average Bonchev–Trinajstić information content (AvgIpc) is 3.18. The normalized spacial score (nSPS) is 11.0. The Morgan fingerprint density at radius 3 is 2.37 bits per heavy atom. The van der Waals surface area contributed by atoms with Crippen LogP contribution in [-0.4, -0.2) is 22.6 Å². The van der Waals surface area contributed by atoms with E-state index >= 15 is 0 Å². The van der Waals surface area contributed by atoms with Gasteiger partial charge in [-0.1, -0.05) is 29.8 Å². The summed E-state index contributed by atoms with van der Waals surface area (Å²) in [5.41, 5.74) is 2.38. The van der Waals surface area contributed by atoms with E-state index in [0.29, 0.717) is 29.8 Å². The number of nitrogens with one attached hydrogen (secondary N) is 2. The van der Waals surface area contributed by atoms with E-state index in [1.165, 1.54) is 6.07 Å². The molecule has 5 nitrogen and oxygen atoms in total. The lowest BCUT2D eigenvalue weighted by atomic mass is 10.2. The highest BCUT2D eigenvalue weighted by molar-refractivity contribution is 14.0. The van der Waals surface area contributed by atoms with Crippen LogP contribution in [0.4, 0.5) is 4.39 Å². The monoisotopic (exact) mass is 499 g/mol. The van der Waals surface area contributed by atoms with Gasteiger partial charge in [-0.25, -0.2) is 9.37 Å². The van der Waals surface area contributed by atoms with Gasteiger partial charge in [0.25, 0.3) is 0 Å². The molecule has 0 spiro atoms. The number of aromatic nitrogens is 2. The van der Waals surface area contributed by atoms with Gasteiger partial charge in [0.05, 0.1) is 12.0 Å². The molecule has 2 aromatic carbocycles. The number of hydrogen-bond donors (Lipinski definition) is 2. The Kier molecular flexibility index (Phi) is 8.05. The zero-order valence-electron chi connectivity index (χ0n) is 14.7. The molecule has 0 fully saturated rings. The lowest BCUT2D eigenvalue weighted by Gasteiger charge is -2.13. The predicted octanol–water partition coefficient (Wildman–Crippen LogP) is 4.15. The lowest BCUT2D eigenvalue weighted by Crippen LogP contribution is -2.36. The fraction of sp³-hybridized carbons (Fsp3) is 0.158. The molecule has 142 valence electrons. The SMILES string of the molecule is CN=C(NCc1ccc(Cl)cc1)NCc1ccc(-n2ccnc2)c(F)c1.I. The summed E-state index contributed by atoms with van der Waals surface area (Å²) in [6.45, 7) is 1.08. The molecular formula is C19H20ClFIN5. The van der Waals surface area contributed by atoms with Crippen molar-refractivity contribution < 1.29 is 4.39 Å². The minimum absolute atomic E-state index is 0. The molecule has 0 radical (unpaired) electrons. The number of imidazole rings is 1. The Balaban J connectivity index is 0.00000261. The second-order valence-electron chi connectivity index (χ2n) is 5.66. The molecule has 1 aromatic heterocycles. The number of halogens is 3. The minimum Gasteiger partial charge on any atom is -0.352 e. The van der Waals surface area contributed by atoms with Crippen molar-refractivity contribution in [3.05, 3.63) is 83.2 Å². The summed E-state index contributed by atoms with van der Waals surface area (Å²) in [7, 11) is 1.69. The highest BCUT2D eigenvalue weighted by Crippen LogP contribution is 2.15. The van der Waals surface area contributed by atoms with Gasteiger partial charge in [-0.3, -0.25) is 4.99 Å².